The molecule has 5 aliphatic rings. The molecule has 4 saturated heterocycles. The molecular formula is C65H103FN10O7Si. The van der Waals surface area contributed by atoms with Crippen molar-refractivity contribution in [3.63, 3.8) is 0 Å². The maximum Gasteiger partial charge on any atom is 0.155 e. The molecule has 8 heterocycles. The van der Waals surface area contributed by atoms with Crippen LogP contribution >= 0.6 is 0 Å². The second-order valence-corrected chi connectivity index (χ2v) is 29.8. The molecule has 0 radical (unpaired) electrons. The predicted octanol–water partition coefficient (Wildman–Crippen LogP) is 13.8. The summed E-state index contributed by atoms with van der Waals surface area (Å²) in [5, 5.41) is 5.88. The van der Waals surface area contributed by atoms with E-state index in [2.05, 4.69) is 129 Å². The molecule has 2 N–H and O–H groups in total. The van der Waals surface area contributed by atoms with E-state index in [1.54, 1.807) is 12.7 Å². The van der Waals surface area contributed by atoms with E-state index in [1.807, 2.05) is 35.0 Å². The smallest absolute Gasteiger partial charge is 0.155 e. The number of anilines is 2. The summed E-state index contributed by atoms with van der Waals surface area (Å²) >= 11 is 0. The Hall–Kier alpha value is -5.15. The lowest BCUT2D eigenvalue weighted by atomic mass is 9.98. The average Bonchev–Trinajstić information content (AvgIpc) is 2.60. The first kappa shape index (κ1) is 68.0. The third-order valence-electron chi connectivity index (χ3n) is 15.9. The molecule has 0 spiro atoms. The van der Waals surface area contributed by atoms with Gasteiger partial charge < -0.3 is 43.0 Å². The van der Waals surface area contributed by atoms with Crippen molar-refractivity contribution < 1.29 is 37.6 Å². The monoisotopic (exact) mass is 1180 g/mol. The Morgan fingerprint density at radius 3 is 1.61 bits per heavy atom. The maximum absolute atomic E-state index is 9.00. The third kappa shape index (κ3) is 20.2. The van der Waals surface area contributed by atoms with Gasteiger partial charge in [0.1, 0.15) is 42.5 Å². The van der Waals surface area contributed by atoms with Crippen molar-refractivity contribution in [1.29, 1.82) is 0 Å². The number of hydrogen-bond acceptors (Lipinski definition) is 16. The fraction of sp³-hybridized carbons (Fsp3) is 0.662. The summed E-state index contributed by atoms with van der Waals surface area (Å²) in [6.45, 7) is 33.5. The number of nitrogens with two attached hydrogens (primary N) is 1. The van der Waals surface area contributed by atoms with Crippen LogP contribution < -0.4 is 25.2 Å². The van der Waals surface area contributed by atoms with Crippen LogP contribution in [0.3, 0.4) is 0 Å². The zero-order chi connectivity index (χ0) is 60.4. The highest BCUT2D eigenvalue weighted by Gasteiger charge is 2.40. The lowest BCUT2D eigenvalue weighted by Gasteiger charge is -2.40. The van der Waals surface area contributed by atoms with Crippen LogP contribution in [0.25, 0.3) is 22.3 Å². The number of rotatable bonds is 25. The molecule has 5 aromatic rings. The summed E-state index contributed by atoms with van der Waals surface area (Å²) in [5.74, 6) is 6.49. The zero-order valence-electron chi connectivity index (χ0n) is 53.1. The largest absolute Gasteiger partial charge is 0.482 e. The highest BCUT2D eigenvalue weighted by molar-refractivity contribution is 6.76. The van der Waals surface area contributed by atoms with Gasteiger partial charge in [-0.1, -0.05) is 144 Å². The van der Waals surface area contributed by atoms with Crippen LogP contribution in [0.1, 0.15) is 162 Å². The molecule has 0 bridgehead atoms. The van der Waals surface area contributed by atoms with Crippen LogP contribution in [0, 0.1) is 0 Å². The SMILES string of the molecule is CCC1(Oc2ccc3c(c2)C(c2cc(N4CCO[C@H](C)C4)ncn2)=NC3)COC1.CCC1(Oc2ccc3nn(COCC[Si](C)(C)C)c(-c4cc(N5CCO[C@H](C)C5)ncn4)c3c2)COC1.CCCCCCCC.CCCCCCCC.NF. The number of aliphatic imine (C=N–C) groups is 1. The second kappa shape index (κ2) is 34.9. The second-order valence-electron chi connectivity index (χ2n) is 24.2. The Labute approximate surface area is 503 Å². The first-order valence-corrected chi connectivity index (χ1v) is 35.3. The quantitative estimate of drug-likeness (QED) is 0.0331. The van der Waals surface area contributed by atoms with E-state index in [1.165, 1.54) is 82.6 Å². The van der Waals surface area contributed by atoms with Gasteiger partial charge in [-0.25, -0.2) is 24.6 Å². The number of benzene rings is 2. The standard InChI is InChI=1S/C27H39N5O4Si.C22H26N4O3.2C8H18.FH2N/c1-6-27(16-34-17-27)36-21-7-8-23-22(13-21)26(32(30-23)19-33-11-12-37(3,4)5)24-14-25(29-18-28-24)31-9-10-35-20(2)15-31;1-3-22(12-27-13-22)29-17-5-4-16-10-23-21(18(16)8-17)19-9-20(25-14-24-19)26-6-7-28-15(2)11-26;2*1-3-5-7-8-6-4-2;1-2/h7-8,13-14,18,20H,6,9-12,15-17,19H2,1-5H3;4-5,8-9,14-15H,3,6-7,10-13H2,1-2H3;2*3-8H2,1-2H3;2H2/t20-;15-;;;/m11.../s1. The Kier molecular flexibility index (Phi) is 28.2. The topological polar surface area (TPSA) is 179 Å². The van der Waals surface area contributed by atoms with Crippen LogP contribution in [0.2, 0.25) is 25.7 Å². The Morgan fingerprint density at radius 2 is 1.13 bits per heavy atom. The van der Waals surface area contributed by atoms with E-state index in [4.69, 9.17) is 47.7 Å². The lowest BCUT2D eigenvalue weighted by Crippen LogP contribution is -2.53. The molecule has 2 atom stereocenters. The van der Waals surface area contributed by atoms with E-state index in [0.29, 0.717) is 52.9 Å². The van der Waals surface area contributed by atoms with Crippen LogP contribution in [0.4, 0.5) is 16.1 Å². The summed E-state index contributed by atoms with van der Waals surface area (Å²) in [6, 6.07) is 17.5. The third-order valence-corrected chi connectivity index (χ3v) is 17.6. The fourth-order valence-electron chi connectivity index (χ4n) is 10.4. The van der Waals surface area contributed by atoms with Crippen molar-refractivity contribution in [3.05, 3.63) is 78.0 Å². The highest BCUT2D eigenvalue weighted by atomic mass is 28.3. The summed E-state index contributed by atoms with van der Waals surface area (Å²) in [4.78, 5) is 27.5. The number of nitrogens with zero attached hydrogens (tertiary/aromatic N) is 9. The first-order chi connectivity index (χ1) is 40.7. The van der Waals surface area contributed by atoms with E-state index in [0.717, 1.165) is 114 Å². The summed E-state index contributed by atoms with van der Waals surface area (Å²) in [5.41, 5.74) is 6.21. The molecule has 0 saturated carbocycles. The molecule has 0 unspecified atom stereocenters. The van der Waals surface area contributed by atoms with Gasteiger partial charge in [-0.15, -0.1) is 4.48 Å². The molecule has 17 nitrogen and oxygen atoms in total. The molecule has 5 aliphatic heterocycles. The van der Waals surface area contributed by atoms with Gasteiger partial charge in [0, 0.05) is 63.9 Å². The van der Waals surface area contributed by atoms with Gasteiger partial charge in [0.25, 0.3) is 0 Å². The molecule has 2 aromatic carbocycles. The van der Waals surface area contributed by atoms with Crippen LogP contribution in [0.15, 0.2) is 66.2 Å². The minimum absolute atomic E-state index is 0.166. The number of ether oxygens (including phenoxy) is 7. The lowest BCUT2D eigenvalue weighted by molar-refractivity contribution is -0.162. The predicted molar refractivity (Wildman–Crippen MR) is 340 cm³/mol. The number of unbranched alkanes of at least 4 members (excludes halogenated alkanes) is 10. The van der Waals surface area contributed by atoms with Gasteiger partial charge in [0.05, 0.1) is 86.7 Å². The molecule has 0 amide bonds. The number of morpholine rings is 2. The van der Waals surface area contributed by atoms with Gasteiger partial charge in [0.15, 0.2) is 11.2 Å². The van der Waals surface area contributed by atoms with Crippen molar-refractivity contribution in [1.82, 2.24) is 29.7 Å². The normalized spacial score (nSPS) is 18.4. The minimum Gasteiger partial charge on any atom is -0.482 e. The zero-order valence-corrected chi connectivity index (χ0v) is 54.1. The van der Waals surface area contributed by atoms with E-state index >= 15 is 0 Å². The number of hydrogen-bond donors (Lipinski definition) is 1. The van der Waals surface area contributed by atoms with Gasteiger partial charge >= 0.3 is 0 Å². The van der Waals surface area contributed by atoms with Crippen molar-refractivity contribution in [2.45, 2.75) is 208 Å². The Balaban J connectivity index is 0.000000212. The Bertz CT molecular complexity index is 2700. The van der Waals surface area contributed by atoms with Crippen LogP contribution in [0.5, 0.6) is 11.5 Å². The average molecular weight is 1180 g/mol. The van der Waals surface area contributed by atoms with E-state index < -0.39 is 8.07 Å². The number of aromatic nitrogens is 6. The highest BCUT2D eigenvalue weighted by Crippen LogP contribution is 2.36. The van der Waals surface area contributed by atoms with E-state index in [-0.39, 0.29) is 23.4 Å². The molecule has 0 aliphatic carbocycles. The summed E-state index contributed by atoms with van der Waals surface area (Å²) < 4.78 is 52.0. The maximum atomic E-state index is 9.00. The van der Waals surface area contributed by atoms with E-state index in [9.17, 15) is 0 Å². The number of halogens is 1. The van der Waals surface area contributed by atoms with Gasteiger partial charge in [-0.2, -0.15) is 11.1 Å². The summed E-state index contributed by atoms with van der Waals surface area (Å²) in [7, 11) is -1.19. The molecule has 10 rings (SSSR count). The number of fused-ring (bicyclic) bond motifs is 2. The minimum atomic E-state index is -1.19. The molecular weight excluding hydrogens is 1080 g/mol. The first-order valence-electron chi connectivity index (χ1n) is 31.6. The van der Waals surface area contributed by atoms with Gasteiger partial charge in [0.2, 0.25) is 0 Å². The fourth-order valence-corrected chi connectivity index (χ4v) is 11.2. The summed E-state index contributed by atoms with van der Waals surface area (Å²) in [6.07, 6.45) is 22.4. The van der Waals surface area contributed by atoms with Crippen LogP contribution in [-0.4, -0.2) is 139 Å². The Morgan fingerprint density at radius 1 is 0.631 bits per heavy atom. The van der Waals surface area contributed by atoms with Crippen molar-refractivity contribution in [2.24, 2.45) is 10.9 Å². The molecule has 19 heteroatoms. The van der Waals surface area contributed by atoms with Gasteiger partial charge in [-0.05, 0) is 68.6 Å². The van der Waals surface area contributed by atoms with Crippen LogP contribution in [-0.2, 0) is 37.0 Å². The van der Waals surface area contributed by atoms with Crippen molar-refractivity contribution >= 4 is 36.3 Å². The van der Waals surface area contributed by atoms with Crippen molar-refractivity contribution in [2.75, 3.05) is 82.2 Å². The molecule has 4 fully saturated rings. The molecule has 3 aromatic heterocycles. The van der Waals surface area contributed by atoms with Gasteiger partial charge in [-0.3, -0.25) is 4.99 Å². The van der Waals surface area contributed by atoms with Crippen molar-refractivity contribution in [3.8, 4) is 22.9 Å². The molecule has 466 valence electrons. The molecule has 84 heavy (non-hydrogen) atoms.